The molecule has 0 saturated heterocycles. The second-order valence-electron chi connectivity index (χ2n) is 5.96. The van der Waals surface area contributed by atoms with Crippen molar-refractivity contribution in [3.05, 3.63) is 47.7 Å². The lowest BCUT2D eigenvalue weighted by Crippen LogP contribution is -2.28. The third-order valence-corrected chi connectivity index (χ3v) is 4.79. The molecule has 1 aliphatic carbocycles. The number of allylic oxidation sites excluding steroid dienone is 1. The van der Waals surface area contributed by atoms with Crippen LogP contribution in [0.4, 0.5) is 0 Å². The SMILES string of the molecule is CCCCC1(CC)CC=Cc2nc3ccccc3cc21. The molecule has 0 amide bonds. The van der Waals surface area contributed by atoms with Crippen molar-refractivity contribution in [1.29, 1.82) is 0 Å². The minimum absolute atomic E-state index is 0.303. The molecule has 0 bridgehead atoms. The maximum absolute atomic E-state index is 4.88. The fourth-order valence-corrected chi connectivity index (χ4v) is 3.45. The standard InChI is InChI=1S/C19H23N/c1-3-5-12-19(4-2)13-8-11-18-16(19)14-15-9-6-7-10-17(15)20-18/h6-11,14H,3-5,12-13H2,1-2H3. The van der Waals surface area contributed by atoms with Crippen LogP contribution in [-0.4, -0.2) is 4.98 Å². The fourth-order valence-electron chi connectivity index (χ4n) is 3.45. The first-order chi connectivity index (χ1) is 9.79. The van der Waals surface area contributed by atoms with E-state index in [1.807, 2.05) is 0 Å². The molecule has 0 fully saturated rings. The maximum Gasteiger partial charge on any atom is 0.0709 e. The molecule has 1 atom stereocenters. The van der Waals surface area contributed by atoms with Gasteiger partial charge in [0.2, 0.25) is 0 Å². The van der Waals surface area contributed by atoms with E-state index in [0.29, 0.717) is 5.41 Å². The molecule has 1 unspecified atom stereocenters. The topological polar surface area (TPSA) is 12.9 Å². The smallest absolute Gasteiger partial charge is 0.0709 e. The zero-order valence-corrected chi connectivity index (χ0v) is 12.5. The van der Waals surface area contributed by atoms with Crippen LogP contribution in [0.25, 0.3) is 17.0 Å². The number of aromatic nitrogens is 1. The van der Waals surface area contributed by atoms with Crippen LogP contribution >= 0.6 is 0 Å². The Labute approximate surface area is 121 Å². The highest BCUT2D eigenvalue weighted by atomic mass is 14.7. The van der Waals surface area contributed by atoms with E-state index in [-0.39, 0.29) is 0 Å². The molecule has 1 nitrogen and oxygen atoms in total. The van der Waals surface area contributed by atoms with Gasteiger partial charge >= 0.3 is 0 Å². The zero-order chi connectivity index (χ0) is 14.0. The number of benzene rings is 1. The number of nitrogens with zero attached hydrogens (tertiary/aromatic N) is 1. The Kier molecular flexibility index (Phi) is 3.60. The lowest BCUT2D eigenvalue weighted by molar-refractivity contribution is 0.366. The Balaban J connectivity index is 2.15. The molecule has 1 aliphatic rings. The molecular formula is C19H23N. The lowest BCUT2D eigenvalue weighted by atomic mass is 9.69. The van der Waals surface area contributed by atoms with E-state index in [4.69, 9.17) is 4.98 Å². The van der Waals surface area contributed by atoms with Gasteiger partial charge in [0.05, 0.1) is 11.2 Å². The van der Waals surface area contributed by atoms with Crippen molar-refractivity contribution >= 4 is 17.0 Å². The van der Waals surface area contributed by atoms with E-state index in [1.54, 1.807) is 0 Å². The quantitative estimate of drug-likeness (QED) is 0.712. The summed E-state index contributed by atoms with van der Waals surface area (Å²) in [4.78, 5) is 4.88. The van der Waals surface area contributed by atoms with Gasteiger partial charge in [-0.1, -0.05) is 51.0 Å². The predicted octanol–water partition coefficient (Wildman–Crippen LogP) is 5.49. The van der Waals surface area contributed by atoms with Gasteiger partial charge in [0.1, 0.15) is 0 Å². The molecular weight excluding hydrogens is 242 g/mol. The third-order valence-electron chi connectivity index (χ3n) is 4.79. The van der Waals surface area contributed by atoms with E-state index >= 15 is 0 Å². The molecule has 1 aromatic carbocycles. The summed E-state index contributed by atoms with van der Waals surface area (Å²) in [6.07, 6.45) is 10.7. The highest BCUT2D eigenvalue weighted by Crippen LogP contribution is 2.42. The molecule has 0 saturated carbocycles. The second kappa shape index (κ2) is 5.40. The first-order valence-electron chi connectivity index (χ1n) is 7.86. The molecule has 0 radical (unpaired) electrons. The predicted molar refractivity (Wildman–Crippen MR) is 86.9 cm³/mol. The second-order valence-corrected chi connectivity index (χ2v) is 5.96. The van der Waals surface area contributed by atoms with E-state index in [9.17, 15) is 0 Å². The van der Waals surface area contributed by atoms with Crippen molar-refractivity contribution in [2.24, 2.45) is 0 Å². The zero-order valence-electron chi connectivity index (χ0n) is 12.5. The van der Waals surface area contributed by atoms with Crippen molar-refractivity contribution in [1.82, 2.24) is 4.98 Å². The summed E-state index contributed by atoms with van der Waals surface area (Å²) in [6.45, 7) is 4.61. The number of rotatable bonds is 4. The Morgan fingerprint density at radius 1 is 1.20 bits per heavy atom. The van der Waals surface area contributed by atoms with Crippen molar-refractivity contribution < 1.29 is 0 Å². The first-order valence-corrected chi connectivity index (χ1v) is 7.86. The minimum atomic E-state index is 0.303. The highest BCUT2D eigenvalue weighted by Gasteiger charge is 2.33. The number of fused-ring (bicyclic) bond motifs is 2. The molecule has 1 heterocycles. The van der Waals surface area contributed by atoms with Gasteiger partial charge in [0.25, 0.3) is 0 Å². The van der Waals surface area contributed by atoms with Gasteiger partial charge in [-0.25, -0.2) is 4.98 Å². The van der Waals surface area contributed by atoms with Crippen LogP contribution in [0.5, 0.6) is 0 Å². The summed E-state index contributed by atoms with van der Waals surface area (Å²) >= 11 is 0. The maximum atomic E-state index is 4.88. The van der Waals surface area contributed by atoms with E-state index in [1.165, 1.54) is 42.3 Å². The van der Waals surface area contributed by atoms with Crippen LogP contribution in [-0.2, 0) is 5.41 Å². The van der Waals surface area contributed by atoms with Gasteiger partial charge in [-0.3, -0.25) is 0 Å². The van der Waals surface area contributed by atoms with E-state index < -0.39 is 0 Å². The van der Waals surface area contributed by atoms with Gasteiger partial charge in [-0.05, 0) is 43.0 Å². The van der Waals surface area contributed by atoms with Crippen molar-refractivity contribution in [2.75, 3.05) is 0 Å². The van der Waals surface area contributed by atoms with Crippen LogP contribution in [0.2, 0.25) is 0 Å². The number of hydrogen-bond acceptors (Lipinski definition) is 1. The molecule has 104 valence electrons. The summed E-state index contributed by atoms with van der Waals surface area (Å²) in [6, 6.07) is 10.9. The van der Waals surface area contributed by atoms with Crippen LogP contribution < -0.4 is 0 Å². The molecule has 0 aliphatic heterocycles. The van der Waals surface area contributed by atoms with Crippen molar-refractivity contribution in [2.45, 2.75) is 51.4 Å². The fraction of sp³-hybridized carbons (Fsp3) is 0.421. The summed E-state index contributed by atoms with van der Waals surface area (Å²) in [7, 11) is 0. The van der Waals surface area contributed by atoms with Crippen LogP contribution in [0, 0.1) is 0 Å². The summed E-state index contributed by atoms with van der Waals surface area (Å²) in [5.74, 6) is 0. The number of hydrogen-bond donors (Lipinski definition) is 0. The summed E-state index contributed by atoms with van der Waals surface area (Å²) < 4.78 is 0. The number of para-hydroxylation sites is 1. The Morgan fingerprint density at radius 2 is 2.05 bits per heavy atom. The summed E-state index contributed by atoms with van der Waals surface area (Å²) in [5.41, 5.74) is 4.07. The van der Waals surface area contributed by atoms with Crippen LogP contribution in [0.15, 0.2) is 36.4 Å². The molecule has 0 N–H and O–H groups in total. The molecule has 3 rings (SSSR count). The summed E-state index contributed by atoms with van der Waals surface area (Å²) in [5, 5.41) is 1.27. The Bertz CT molecular complexity index is 641. The molecule has 2 aromatic rings. The van der Waals surface area contributed by atoms with Crippen LogP contribution in [0.3, 0.4) is 0 Å². The minimum Gasteiger partial charge on any atom is -0.248 e. The first kappa shape index (κ1) is 13.4. The van der Waals surface area contributed by atoms with Crippen molar-refractivity contribution in [3.63, 3.8) is 0 Å². The van der Waals surface area contributed by atoms with Crippen molar-refractivity contribution in [3.8, 4) is 0 Å². The van der Waals surface area contributed by atoms with E-state index in [0.717, 1.165) is 11.9 Å². The van der Waals surface area contributed by atoms with Gasteiger partial charge < -0.3 is 0 Å². The largest absolute Gasteiger partial charge is 0.248 e. The number of unbranched alkanes of at least 4 members (excludes halogenated alkanes) is 1. The molecule has 1 aromatic heterocycles. The van der Waals surface area contributed by atoms with Gasteiger partial charge in [-0.15, -0.1) is 0 Å². The Hall–Kier alpha value is -1.63. The third kappa shape index (κ3) is 2.15. The van der Waals surface area contributed by atoms with Gasteiger partial charge in [0, 0.05) is 10.8 Å². The lowest BCUT2D eigenvalue weighted by Gasteiger charge is -2.36. The van der Waals surface area contributed by atoms with Gasteiger partial charge in [-0.2, -0.15) is 0 Å². The van der Waals surface area contributed by atoms with E-state index in [2.05, 4.69) is 56.3 Å². The van der Waals surface area contributed by atoms with Gasteiger partial charge in [0.15, 0.2) is 0 Å². The molecule has 20 heavy (non-hydrogen) atoms. The van der Waals surface area contributed by atoms with Crippen LogP contribution in [0.1, 0.15) is 57.2 Å². The monoisotopic (exact) mass is 265 g/mol. The Morgan fingerprint density at radius 3 is 2.85 bits per heavy atom. The average molecular weight is 265 g/mol. The molecule has 0 spiro atoms. The normalized spacial score (nSPS) is 21.1. The highest BCUT2D eigenvalue weighted by molar-refractivity contribution is 5.81. The molecule has 1 heteroatoms. The average Bonchev–Trinajstić information content (AvgIpc) is 2.51. The number of pyridine rings is 1.